The SMILES string of the molecule is Cc1cc(O[Si](C)(C)C(C)(C)C)cc(C(=O)C(F)(F)F)c1. The van der Waals surface area contributed by atoms with Crippen LogP contribution in [-0.4, -0.2) is 20.3 Å². The number of aryl methyl sites for hydroxylation is 1. The third kappa shape index (κ3) is 4.33. The second kappa shape index (κ2) is 5.48. The molecule has 0 aliphatic carbocycles. The molecule has 0 radical (unpaired) electrons. The zero-order chi connectivity index (χ0) is 16.6. The van der Waals surface area contributed by atoms with Crippen LogP contribution in [0.15, 0.2) is 18.2 Å². The highest BCUT2D eigenvalue weighted by molar-refractivity contribution is 6.74. The lowest BCUT2D eigenvalue weighted by molar-refractivity contribution is -0.0885. The van der Waals surface area contributed by atoms with Gasteiger partial charge in [0.2, 0.25) is 8.32 Å². The molecule has 0 N–H and O–H groups in total. The van der Waals surface area contributed by atoms with Crippen LogP contribution in [0, 0.1) is 6.92 Å². The van der Waals surface area contributed by atoms with E-state index in [1.165, 1.54) is 12.1 Å². The van der Waals surface area contributed by atoms with Gasteiger partial charge in [0.05, 0.1) is 0 Å². The molecule has 0 saturated carbocycles. The van der Waals surface area contributed by atoms with Crippen molar-refractivity contribution >= 4 is 14.1 Å². The monoisotopic (exact) mass is 318 g/mol. The fourth-order valence-corrected chi connectivity index (χ4v) is 2.56. The summed E-state index contributed by atoms with van der Waals surface area (Å²) in [6.07, 6.45) is -4.87. The van der Waals surface area contributed by atoms with E-state index in [4.69, 9.17) is 4.43 Å². The van der Waals surface area contributed by atoms with Crippen LogP contribution in [0.25, 0.3) is 0 Å². The van der Waals surface area contributed by atoms with Crippen molar-refractivity contribution in [3.8, 4) is 5.75 Å². The van der Waals surface area contributed by atoms with Crippen molar-refractivity contribution in [1.82, 2.24) is 0 Å². The van der Waals surface area contributed by atoms with Crippen molar-refractivity contribution in [2.24, 2.45) is 0 Å². The van der Waals surface area contributed by atoms with Crippen molar-refractivity contribution < 1.29 is 22.4 Å². The molecule has 1 aromatic carbocycles. The Hall–Kier alpha value is -1.30. The molecule has 0 fully saturated rings. The smallest absolute Gasteiger partial charge is 0.454 e. The van der Waals surface area contributed by atoms with E-state index in [9.17, 15) is 18.0 Å². The third-order valence-corrected chi connectivity index (χ3v) is 8.11. The highest BCUT2D eigenvalue weighted by Crippen LogP contribution is 2.38. The summed E-state index contributed by atoms with van der Waals surface area (Å²) >= 11 is 0. The molecular formula is C15H21F3O2Si. The Morgan fingerprint density at radius 2 is 1.62 bits per heavy atom. The lowest BCUT2D eigenvalue weighted by Crippen LogP contribution is -2.43. The molecule has 0 amide bonds. The van der Waals surface area contributed by atoms with E-state index in [1.54, 1.807) is 13.0 Å². The Kier molecular flexibility index (Phi) is 4.63. The van der Waals surface area contributed by atoms with Gasteiger partial charge >= 0.3 is 6.18 Å². The van der Waals surface area contributed by atoms with E-state index in [2.05, 4.69) is 0 Å². The number of hydrogen-bond acceptors (Lipinski definition) is 2. The van der Waals surface area contributed by atoms with E-state index in [1.807, 2.05) is 33.9 Å². The van der Waals surface area contributed by atoms with Gasteiger partial charge in [0.1, 0.15) is 5.75 Å². The molecular weight excluding hydrogens is 297 g/mol. The number of halogens is 3. The maximum atomic E-state index is 12.5. The van der Waals surface area contributed by atoms with Crippen LogP contribution in [0.1, 0.15) is 36.7 Å². The Labute approximate surface area is 124 Å². The molecule has 0 spiro atoms. The average molecular weight is 318 g/mol. The van der Waals surface area contributed by atoms with Gasteiger partial charge in [0.15, 0.2) is 0 Å². The number of benzene rings is 1. The van der Waals surface area contributed by atoms with E-state index < -0.39 is 20.3 Å². The minimum atomic E-state index is -4.87. The van der Waals surface area contributed by atoms with Crippen LogP contribution in [0.4, 0.5) is 13.2 Å². The van der Waals surface area contributed by atoms with E-state index in [0.29, 0.717) is 11.3 Å². The second-order valence-electron chi connectivity index (χ2n) is 6.72. The standard InChI is InChI=1S/C15H21F3O2Si/c1-10-7-11(13(19)15(16,17)18)9-12(8-10)20-21(5,6)14(2,3)4/h7-9H,1-6H3. The maximum Gasteiger partial charge on any atom is 0.454 e. The quantitative estimate of drug-likeness (QED) is 0.571. The fourth-order valence-electron chi connectivity index (χ4n) is 1.55. The summed E-state index contributed by atoms with van der Waals surface area (Å²) in [7, 11) is -2.16. The first-order valence-corrected chi connectivity index (χ1v) is 9.57. The summed E-state index contributed by atoms with van der Waals surface area (Å²) in [5, 5.41) is -0.0784. The zero-order valence-corrected chi connectivity index (χ0v) is 14.2. The molecule has 21 heavy (non-hydrogen) atoms. The third-order valence-electron chi connectivity index (χ3n) is 3.75. The maximum absolute atomic E-state index is 12.5. The number of ketones is 1. The van der Waals surface area contributed by atoms with Gasteiger partial charge in [-0.2, -0.15) is 13.2 Å². The second-order valence-corrected chi connectivity index (χ2v) is 11.4. The molecule has 0 unspecified atom stereocenters. The number of alkyl halides is 3. The predicted octanol–water partition coefficient (Wildman–Crippen LogP) is 5.12. The first-order chi connectivity index (χ1) is 9.24. The van der Waals surface area contributed by atoms with Crippen molar-refractivity contribution in [2.75, 3.05) is 0 Å². The van der Waals surface area contributed by atoms with Crippen LogP contribution in [-0.2, 0) is 0 Å². The number of carbonyl (C=O) groups is 1. The lowest BCUT2D eigenvalue weighted by Gasteiger charge is -2.36. The molecule has 0 bridgehead atoms. The number of Topliss-reactive ketones (excluding diaryl/α,β-unsaturated/α-hetero) is 1. The van der Waals surface area contributed by atoms with E-state index in [-0.39, 0.29) is 10.6 Å². The van der Waals surface area contributed by atoms with Crippen LogP contribution >= 0.6 is 0 Å². The molecule has 6 heteroatoms. The highest BCUT2D eigenvalue weighted by Gasteiger charge is 2.41. The van der Waals surface area contributed by atoms with Crippen LogP contribution in [0.3, 0.4) is 0 Å². The van der Waals surface area contributed by atoms with Gasteiger partial charge in [0, 0.05) is 5.56 Å². The van der Waals surface area contributed by atoms with Crippen LogP contribution < -0.4 is 4.43 Å². The van der Waals surface area contributed by atoms with E-state index in [0.717, 1.165) is 0 Å². The van der Waals surface area contributed by atoms with Gasteiger partial charge in [0.25, 0.3) is 5.78 Å². The fraction of sp³-hybridized carbons (Fsp3) is 0.533. The van der Waals surface area contributed by atoms with E-state index >= 15 is 0 Å². The Morgan fingerprint density at radius 3 is 2.05 bits per heavy atom. The van der Waals surface area contributed by atoms with Crippen molar-refractivity contribution in [3.05, 3.63) is 29.3 Å². The average Bonchev–Trinajstić information content (AvgIpc) is 2.23. The lowest BCUT2D eigenvalue weighted by atomic mass is 10.1. The molecule has 0 aliphatic heterocycles. The Balaban J connectivity index is 3.18. The molecule has 118 valence electrons. The topological polar surface area (TPSA) is 26.3 Å². The molecule has 0 heterocycles. The first-order valence-electron chi connectivity index (χ1n) is 6.66. The Bertz CT molecular complexity index is 543. The molecule has 0 aromatic heterocycles. The van der Waals surface area contributed by atoms with Gasteiger partial charge in [-0.25, -0.2) is 0 Å². The molecule has 0 aliphatic rings. The predicted molar refractivity (Wildman–Crippen MR) is 79.4 cm³/mol. The minimum absolute atomic E-state index is 0.0784. The Morgan fingerprint density at radius 1 is 1.10 bits per heavy atom. The van der Waals surface area contributed by atoms with Gasteiger partial charge in [-0.05, 0) is 48.8 Å². The summed E-state index contributed by atoms with van der Waals surface area (Å²) in [5.41, 5.74) is 0.190. The normalized spacial score (nSPS) is 13.2. The largest absolute Gasteiger partial charge is 0.543 e. The summed E-state index contributed by atoms with van der Waals surface area (Å²) in [6, 6.07) is 4.07. The van der Waals surface area contributed by atoms with Gasteiger partial charge in [-0.15, -0.1) is 0 Å². The van der Waals surface area contributed by atoms with Gasteiger partial charge in [-0.1, -0.05) is 20.8 Å². The van der Waals surface area contributed by atoms with Crippen molar-refractivity contribution in [2.45, 2.75) is 52.0 Å². The number of hydrogen-bond donors (Lipinski definition) is 0. The van der Waals surface area contributed by atoms with Crippen molar-refractivity contribution in [3.63, 3.8) is 0 Å². The molecule has 0 atom stereocenters. The zero-order valence-electron chi connectivity index (χ0n) is 13.2. The molecule has 2 nitrogen and oxygen atoms in total. The van der Waals surface area contributed by atoms with Gasteiger partial charge < -0.3 is 4.43 Å². The summed E-state index contributed by atoms with van der Waals surface area (Å²) in [5.74, 6) is -1.51. The minimum Gasteiger partial charge on any atom is -0.543 e. The number of carbonyl (C=O) groups excluding carboxylic acids is 1. The first kappa shape index (κ1) is 17.7. The highest BCUT2D eigenvalue weighted by atomic mass is 28.4. The summed E-state index contributed by atoms with van der Waals surface area (Å²) in [4.78, 5) is 11.4. The van der Waals surface area contributed by atoms with Crippen LogP contribution in [0.2, 0.25) is 18.1 Å². The molecule has 1 aromatic rings. The summed E-state index contributed by atoms with van der Waals surface area (Å²) < 4.78 is 43.6. The van der Waals surface area contributed by atoms with Crippen molar-refractivity contribution in [1.29, 1.82) is 0 Å². The van der Waals surface area contributed by atoms with Crippen LogP contribution in [0.5, 0.6) is 5.75 Å². The molecule has 0 saturated heterocycles. The molecule has 1 rings (SSSR count). The summed E-state index contributed by atoms with van der Waals surface area (Å²) in [6.45, 7) is 11.8. The van der Waals surface area contributed by atoms with Gasteiger partial charge in [-0.3, -0.25) is 4.79 Å². The number of rotatable bonds is 3.